The quantitative estimate of drug-likeness (QED) is 0.691. The van der Waals surface area contributed by atoms with Gasteiger partial charge in [0, 0.05) is 13.2 Å². The van der Waals surface area contributed by atoms with Crippen LogP contribution in [0.15, 0.2) is 41.3 Å². The van der Waals surface area contributed by atoms with Crippen molar-refractivity contribution in [3.05, 3.63) is 58.3 Å². The van der Waals surface area contributed by atoms with Gasteiger partial charge in [-0.05, 0) is 30.2 Å². The van der Waals surface area contributed by atoms with Crippen LogP contribution in [0.25, 0.3) is 11.0 Å². The monoisotopic (exact) mass is 386 g/mol. The van der Waals surface area contributed by atoms with Gasteiger partial charge in [0.1, 0.15) is 5.82 Å². The van der Waals surface area contributed by atoms with Crippen LogP contribution in [0.3, 0.4) is 0 Å². The second-order valence-electron chi connectivity index (χ2n) is 6.39. The van der Waals surface area contributed by atoms with Crippen LogP contribution in [-0.4, -0.2) is 26.6 Å². The molecule has 9 heteroatoms. The zero-order valence-electron chi connectivity index (χ0n) is 15.1. The lowest BCUT2D eigenvalue weighted by atomic mass is 10.1. The van der Waals surface area contributed by atoms with Crippen LogP contribution >= 0.6 is 0 Å². The first-order chi connectivity index (χ1) is 13.3. The average Bonchev–Trinajstić information content (AvgIpc) is 2.68. The predicted molar refractivity (Wildman–Crippen MR) is 97.4 cm³/mol. The van der Waals surface area contributed by atoms with E-state index in [1.54, 1.807) is 31.2 Å². The van der Waals surface area contributed by atoms with Crippen molar-refractivity contribution in [1.29, 1.82) is 0 Å². The van der Waals surface area contributed by atoms with Crippen LogP contribution in [0, 0.1) is 0 Å². The molecule has 0 atom stereocenters. The van der Waals surface area contributed by atoms with Crippen molar-refractivity contribution in [2.24, 2.45) is 7.05 Å². The Bertz CT molecular complexity index is 1160. The van der Waals surface area contributed by atoms with Crippen LogP contribution < -0.4 is 15.2 Å². The fourth-order valence-corrected chi connectivity index (χ4v) is 3.20. The maximum Gasteiger partial charge on any atom is 0.483 e. The molecular weight excluding hydrogens is 370 g/mol. The maximum atomic E-state index is 14.3. The topological polar surface area (TPSA) is 77.3 Å². The van der Waals surface area contributed by atoms with Gasteiger partial charge in [-0.3, -0.25) is 19.1 Å². The highest BCUT2D eigenvalue weighted by atomic mass is 19.3. The van der Waals surface area contributed by atoms with Crippen molar-refractivity contribution in [1.82, 2.24) is 14.5 Å². The molecule has 0 aliphatic carbocycles. The van der Waals surface area contributed by atoms with Crippen LogP contribution in [0.4, 0.5) is 14.5 Å². The number of nitrogens with zero attached hydrogens (tertiary/aromatic N) is 4. The first kappa shape index (κ1) is 18.0. The van der Waals surface area contributed by atoms with Crippen molar-refractivity contribution in [3.63, 3.8) is 0 Å². The van der Waals surface area contributed by atoms with Crippen molar-refractivity contribution in [2.45, 2.75) is 26.0 Å². The number of halogens is 2. The number of aryl methyl sites for hydroxylation is 1. The van der Waals surface area contributed by atoms with Crippen molar-refractivity contribution < 1.29 is 18.3 Å². The van der Waals surface area contributed by atoms with E-state index in [-0.39, 0.29) is 29.3 Å². The SMILES string of the molecule is CCc1cccc2c1OC(F)(F)C(=O)N2Cc1nc2cccnc2c(=O)n1C. The first-order valence-corrected chi connectivity index (χ1v) is 8.64. The summed E-state index contributed by atoms with van der Waals surface area (Å²) in [7, 11) is 1.46. The Morgan fingerprint density at radius 3 is 2.71 bits per heavy atom. The van der Waals surface area contributed by atoms with Gasteiger partial charge in [0.25, 0.3) is 5.56 Å². The van der Waals surface area contributed by atoms with E-state index in [1.165, 1.54) is 23.9 Å². The number of carbonyl (C=O) groups is 1. The van der Waals surface area contributed by atoms with Crippen LogP contribution in [0.2, 0.25) is 0 Å². The Balaban J connectivity index is 1.86. The molecule has 3 heterocycles. The largest absolute Gasteiger partial charge is 0.483 e. The summed E-state index contributed by atoms with van der Waals surface area (Å²) in [5.41, 5.74) is 0.849. The summed E-state index contributed by atoms with van der Waals surface area (Å²) in [6, 6.07) is 8.09. The van der Waals surface area contributed by atoms with Crippen LogP contribution in [-0.2, 0) is 24.8 Å². The summed E-state index contributed by atoms with van der Waals surface area (Å²) >= 11 is 0. The highest BCUT2D eigenvalue weighted by Crippen LogP contribution is 2.42. The number of para-hydroxylation sites is 1. The minimum absolute atomic E-state index is 0.0398. The molecule has 7 nitrogen and oxygen atoms in total. The smallest absolute Gasteiger partial charge is 0.423 e. The van der Waals surface area contributed by atoms with E-state index in [9.17, 15) is 18.4 Å². The predicted octanol–water partition coefficient (Wildman–Crippen LogP) is 2.41. The number of ether oxygens (including phenoxy) is 1. The molecule has 0 saturated heterocycles. The van der Waals surface area contributed by atoms with Crippen LogP contribution in [0.5, 0.6) is 5.75 Å². The van der Waals surface area contributed by atoms with Gasteiger partial charge in [-0.2, -0.15) is 8.78 Å². The number of fused-ring (bicyclic) bond motifs is 2. The van der Waals surface area contributed by atoms with Gasteiger partial charge in [-0.15, -0.1) is 0 Å². The van der Waals surface area contributed by atoms with E-state index in [4.69, 9.17) is 4.74 Å². The summed E-state index contributed by atoms with van der Waals surface area (Å²) in [4.78, 5) is 34.2. The molecular formula is C19H16F2N4O3. The lowest BCUT2D eigenvalue weighted by molar-refractivity contribution is -0.193. The van der Waals surface area contributed by atoms with Gasteiger partial charge in [-0.25, -0.2) is 9.97 Å². The molecule has 1 aromatic carbocycles. The second kappa shape index (κ2) is 6.36. The summed E-state index contributed by atoms with van der Waals surface area (Å²) < 4.78 is 34.5. The third-order valence-electron chi connectivity index (χ3n) is 4.70. The third kappa shape index (κ3) is 2.70. The average molecular weight is 386 g/mol. The molecule has 4 rings (SSSR count). The van der Waals surface area contributed by atoms with E-state index >= 15 is 0 Å². The zero-order chi connectivity index (χ0) is 20.1. The lowest BCUT2D eigenvalue weighted by Gasteiger charge is -2.34. The standard InChI is InChI=1S/C19H16F2N4O3/c1-3-11-6-4-8-13-16(11)28-19(20,21)18(27)25(13)10-14-23-12-7-5-9-22-15(12)17(26)24(14)2/h4-9H,3,10H2,1-2H3. The molecule has 0 saturated carbocycles. The minimum Gasteiger partial charge on any atom is -0.423 e. The number of pyridine rings is 1. The number of hydrogen-bond donors (Lipinski definition) is 0. The Morgan fingerprint density at radius 2 is 1.96 bits per heavy atom. The van der Waals surface area contributed by atoms with Gasteiger partial charge in [0.05, 0.1) is 17.7 Å². The van der Waals surface area contributed by atoms with Crippen molar-refractivity contribution >= 4 is 22.6 Å². The fourth-order valence-electron chi connectivity index (χ4n) is 3.20. The molecule has 0 spiro atoms. The third-order valence-corrected chi connectivity index (χ3v) is 4.70. The summed E-state index contributed by atoms with van der Waals surface area (Å²) in [6.45, 7) is 1.49. The van der Waals surface area contributed by atoms with Gasteiger partial charge >= 0.3 is 12.0 Å². The molecule has 28 heavy (non-hydrogen) atoms. The number of anilines is 1. The number of amides is 1. The minimum atomic E-state index is -4.00. The number of alkyl halides is 2. The highest BCUT2D eigenvalue weighted by molar-refractivity contribution is 6.01. The molecule has 0 bridgehead atoms. The fraction of sp³-hybridized carbons (Fsp3) is 0.263. The van der Waals surface area contributed by atoms with Gasteiger partial charge in [-0.1, -0.05) is 19.1 Å². The number of carbonyl (C=O) groups excluding carboxylic acids is 1. The summed E-state index contributed by atoms with van der Waals surface area (Å²) in [6.07, 6.45) is -2.07. The number of rotatable bonds is 3. The van der Waals surface area contributed by atoms with E-state index in [0.29, 0.717) is 17.5 Å². The van der Waals surface area contributed by atoms with Crippen molar-refractivity contribution in [3.8, 4) is 5.75 Å². The highest BCUT2D eigenvalue weighted by Gasteiger charge is 2.51. The molecule has 0 radical (unpaired) electrons. The summed E-state index contributed by atoms with van der Waals surface area (Å²) in [5.74, 6) is -1.39. The number of hydrogen-bond acceptors (Lipinski definition) is 5. The number of aromatic nitrogens is 3. The Hall–Kier alpha value is -3.36. The molecule has 0 unspecified atom stereocenters. The van der Waals surface area contributed by atoms with Crippen molar-refractivity contribution in [2.75, 3.05) is 4.90 Å². The molecule has 0 N–H and O–H groups in total. The Kier molecular flexibility index (Phi) is 4.10. The lowest BCUT2D eigenvalue weighted by Crippen LogP contribution is -2.51. The molecule has 3 aromatic rings. The maximum absolute atomic E-state index is 14.3. The molecule has 144 valence electrons. The van der Waals surface area contributed by atoms with Crippen LogP contribution in [0.1, 0.15) is 18.3 Å². The molecule has 1 aliphatic heterocycles. The van der Waals surface area contributed by atoms with E-state index < -0.39 is 17.6 Å². The van der Waals surface area contributed by atoms with E-state index in [1.807, 2.05) is 0 Å². The van der Waals surface area contributed by atoms with Gasteiger partial charge < -0.3 is 4.74 Å². The summed E-state index contributed by atoms with van der Waals surface area (Å²) in [5, 5.41) is 0. The normalized spacial score (nSPS) is 15.4. The first-order valence-electron chi connectivity index (χ1n) is 8.64. The Morgan fingerprint density at radius 1 is 1.18 bits per heavy atom. The molecule has 2 aromatic heterocycles. The second-order valence-corrected chi connectivity index (χ2v) is 6.39. The molecule has 0 fully saturated rings. The molecule has 1 amide bonds. The van der Waals surface area contributed by atoms with E-state index in [0.717, 1.165) is 4.90 Å². The zero-order valence-corrected chi connectivity index (χ0v) is 15.1. The van der Waals surface area contributed by atoms with E-state index in [2.05, 4.69) is 9.97 Å². The van der Waals surface area contributed by atoms with Gasteiger partial charge in [0.2, 0.25) is 0 Å². The Labute approximate surface area is 158 Å². The number of benzene rings is 1. The van der Waals surface area contributed by atoms with Gasteiger partial charge in [0.15, 0.2) is 11.3 Å². The molecule has 1 aliphatic rings.